The van der Waals surface area contributed by atoms with E-state index in [-0.39, 0.29) is 28.2 Å². The van der Waals surface area contributed by atoms with Crippen LogP contribution in [0.5, 0.6) is 0 Å². The van der Waals surface area contributed by atoms with Gasteiger partial charge in [-0.3, -0.25) is 19.6 Å². The second-order valence-corrected chi connectivity index (χ2v) is 10.1. The summed E-state index contributed by atoms with van der Waals surface area (Å²) in [4.78, 5) is 25.2. The number of carbonyl (C=O) groups excluding carboxylic acids is 1. The summed E-state index contributed by atoms with van der Waals surface area (Å²) in [5.41, 5.74) is 1.22. The average Bonchev–Trinajstić information content (AvgIpc) is 2.73. The molecule has 0 radical (unpaired) electrons. The van der Waals surface area contributed by atoms with Crippen molar-refractivity contribution in [3.05, 3.63) is 58.1 Å². The Hall–Kier alpha value is -3.14. The van der Waals surface area contributed by atoms with Crippen LogP contribution in [-0.4, -0.2) is 38.4 Å². The van der Waals surface area contributed by atoms with E-state index in [9.17, 15) is 23.3 Å². The first-order valence-electron chi connectivity index (χ1n) is 10.5. The molecule has 0 aliphatic carbocycles. The van der Waals surface area contributed by atoms with E-state index in [2.05, 4.69) is 21.9 Å². The zero-order valence-corrected chi connectivity index (χ0v) is 19.2. The van der Waals surface area contributed by atoms with Crippen molar-refractivity contribution < 1.29 is 18.1 Å². The molecule has 32 heavy (non-hydrogen) atoms. The zero-order valence-electron chi connectivity index (χ0n) is 18.4. The van der Waals surface area contributed by atoms with Crippen molar-refractivity contribution in [1.29, 1.82) is 0 Å². The molecule has 3 rings (SSSR count). The quantitative estimate of drug-likeness (QED) is 0.479. The van der Waals surface area contributed by atoms with Crippen LogP contribution in [0, 0.1) is 16.0 Å². The molecule has 0 bridgehead atoms. The number of sulfonamides is 1. The van der Waals surface area contributed by atoms with Crippen molar-refractivity contribution in [2.45, 2.75) is 44.6 Å². The number of amides is 1. The van der Waals surface area contributed by atoms with Crippen LogP contribution in [0.25, 0.3) is 0 Å². The van der Waals surface area contributed by atoms with Crippen molar-refractivity contribution in [2.75, 3.05) is 22.7 Å². The van der Waals surface area contributed by atoms with Crippen molar-refractivity contribution in [1.82, 2.24) is 5.32 Å². The number of carbonyl (C=O) groups is 1. The minimum Gasteiger partial charge on any atom is -0.371 e. The van der Waals surface area contributed by atoms with Crippen molar-refractivity contribution in [3.8, 4) is 0 Å². The second kappa shape index (κ2) is 9.56. The Morgan fingerprint density at radius 2 is 1.75 bits per heavy atom. The number of nitrogens with zero attached hydrogens (tertiary/aromatic N) is 2. The highest BCUT2D eigenvalue weighted by molar-refractivity contribution is 7.92. The number of nitro benzene ring substituents is 1. The van der Waals surface area contributed by atoms with Gasteiger partial charge in [0.2, 0.25) is 0 Å². The highest BCUT2D eigenvalue weighted by atomic mass is 32.2. The summed E-state index contributed by atoms with van der Waals surface area (Å²) in [6.07, 6.45) is 2.06. The number of hydrogen-bond acceptors (Lipinski definition) is 6. The van der Waals surface area contributed by atoms with E-state index in [1.54, 1.807) is 12.1 Å². The molecule has 9 nitrogen and oxygen atoms in total. The highest BCUT2D eigenvalue weighted by Gasteiger charge is 2.23. The van der Waals surface area contributed by atoms with Crippen LogP contribution in [0.1, 0.15) is 44.0 Å². The summed E-state index contributed by atoms with van der Waals surface area (Å²) < 4.78 is 28.0. The summed E-state index contributed by atoms with van der Waals surface area (Å²) in [6, 6.07) is 9.48. The lowest BCUT2D eigenvalue weighted by molar-refractivity contribution is -0.384. The molecule has 2 aromatic rings. The maximum absolute atomic E-state index is 12.9. The lowest BCUT2D eigenvalue weighted by atomic mass is 9.98. The molecule has 2 aromatic carbocycles. The molecule has 0 saturated carbocycles. The third-order valence-electron chi connectivity index (χ3n) is 5.40. The average molecular weight is 461 g/mol. The number of rotatable bonds is 7. The number of nitrogens with one attached hydrogen (secondary N) is 2. The van der Waals surface area contributed by atoms with E-state index >= 15 is 0 Å². The van der Waals surface area contributed by atoms with E-state index in [0.717, 1.165) is 43.8 Å². The van der Waals surface area contributed by atoms with Crippen LogP contribution in [0.2, 0.25) is 0 Å². The van der Waals surface area contributed by atoms with Gasteiger partial charge in [0.1, 0.15) is 0 Å². The molecule has 0 unspecified atom stereocenters. The van der Waals surface area contributed by atoms with Crippen molar-refractivity contribution >= 4 is 33.0 Å². The first-order chi connectivity index (χ1) is 15.1. The van der Waals surface area contributed by atoms with Crippen LogP contribution in [0.4, 0.5) is 17.1 Å². The molecule has 1 fully saturated rings. The Morgan fingerprint density at radius 3 is 2.31 bits per heavy atom. The van der Waals surface area contributed by atoms with Gasteiger partial charge in [-0.1, -0.05) is 6.92 Å². The third kappa shape index (κ3) is 5.56. The Bertz CT molecular complexity index is 1090. The molecule has 0 aromatic heterocycles. The summed E-state index contributed by atoms with van der Waals surface area (Å²) in [5.74, 6) is 0.358. The molecule has 1 aliphatic heterocycles. The van der Waals surface area contributed by atoms with Gasteiger partial charge in [0.15, 0.2) is 0 Å². The fourth-order valence-electron chi connectivity index (χ4n) is 3.61. The minimum atomic E-state index is -3.98. The first kappa shape index (κ1) is 23.5. The molecule has 0 spiro atoms. The Kier molecular flexibility index (Phi) is 7.02. The lowest BCUT2D eigenvalue weighted by Crippen LogP contribution is -2.36. The van der Waals surface area contributed by atoms with E-state index in [0.29, 0.717) is 11.5 Å². The number of nitro groups is 1. The maximum Gasteiger partial charge on any atom is 0.269 e. The number of benzene rings is 2. The molecular weight excluding hydrogens is 432 g/mol. The first-order valence-corrected chi connectivity index (χ1v) is 12.0. The maximum atomic E-state index is 12.9. The summed E-state index contributed by atoms with van der Waals surface area (Å²) in [7, 11) is -3.98. The monoisotopic (exact) mass is 460 g/mol. The van der Waals surface area contributed by atoms with Gasteiger partial charge in [0.25, 0.3) is 21.6 Å². The van der Waals surface area contributed by atoms with Crippen LogP contribution < -0.4 is 14.9 Å². The smallest absolute Gasteiger partial charge is 0.269 e. The summed E-state index contributed by atoms with van der Waals surface area (Å²) in [6.45, 7) is 7.59. The topological polar surface area (TPSA) is 122 Å². The van der Waals surface area contributed by atoms with Gasteiger partial charge in [-0.15, -0.1) is 0 Å². The predicted octanol–water partition coefficient (Wildman–Crippen LogP) is 3.77. The van der Waals surface area contributed by atoms with Gasteiger partial charge in [0, 0.05) is 42.6 Å². The van der Waals surface area contributed by atoms with Gasteiger partial charge in [-0.25, -0.2) is 8.42 Å². The standard InChI is InChI=1S/C22H28N4O5S/c1-15(2)23-22(27)20-14-17(4-9-21(20)25-12-10-16(3)11-13-25)24-32(30,31)19-7-5-18(6-8-19)26(28)29/h4-9,14-16,24H,10-13H2,1-3H3,(H,23,27). The van der Waals surface area contributed by atoms with E-state index in [1.807, 2.05) is 13.8 Å². The third-order valence-corrected chi connectivity index (χ3v) is 6.79. The molecule has 1 heterocycles. The fraction of sp³-hybridized carbons (Fsp3) is 0.409. The van der Waals surface area contributed by atoms with Gasteiger partial charge in [-0.05, 0) is 62.9 Å². The largest absolute Gasteiger partial charge is 0.371 e. The normalized spacial score (nSPS) is 14.9. The second-order valence-electron chi connectivity index (χ2n) is 8.39. The Balaban J connectivity index is 1.91. The molecule has 1 amide bonds. The lowest BCUT2D eigenvalue weighted by Gasteiger charge is -2.33. The molecule has 2 N–H and O–H groups in total. The summed E-state index contributed by atoms with van der Waals surface area (Å²) in [5, 5.41) is 13.7. The summed E-state index contributed by atoms with van der Waals surface area (Å²) >= 11 is 0. The van der Waals surface area contributed by atoms with Crippen LogP contribution in [0.15, 0.2) is 47.4 Å². The zero-order chi connectivity index (χ0) is 23.5. The Labute approximate surface area is 188 Å². The number of anilines is 2. The van der Waals surface area contributed by atoms with E-state index in [1.165, 1.54) is 18.2 Å². The molecule has 1 aliphatic rings. The SMILES string of the molecule is CC1CCN(c2ccc(NS(=O)(=O)c3ccc([N+](=O)[O-])cc3)cc2C(=O)NC(C)C)CC1. The van der Waals surface area contributed by atoms with Crippen LogP contribution >= 0.6 is 0 Å². The molecule has 10 heteroatoms. The fourth-order valence-corrected chi connectivity index (χ4v) is 4.66. The Morgan fingerprint density at radius 1 is 1.12 bits per heavy atom. The molecular formula is C22H28N4O5S. The predicted molar refractivity (Wildman–Crippen MR) is 124 cm³/mol. The minimum absolute atomic E-state index is 0.0721. The van der Waals surface area contributed by atoms with E-state index < -0.39 is 14.9 Å². The van der Waals surface area contributed by atoms with Crippen molar-refractivity contribution in [3.63, 3.8) is 0 Å². The molecule has 172 valence electrons. The van der Waals surface area contributed by atoms with Gasteiger partial charge in [-0.2, -0.15) is 0 Å². The van der Waals surface area contributed by atoms with Crippen molar-refractivity contribution in [2.24, 2.45) is 5.92 Å². The van der Waals surface area contributed by atoms with Crippen LogP contribution in [-0.2, 0) is 10.0 Å². The molecule has 0 atom stereocenters. The van der Waals surface area contributed by atoms with Crippen LogP contribution in [0.3, 0.4) is 0 Å². The van der Waals surface area contributed by atoms with Gasteiger partial charge >= 0.3 is 0 Å². The van der Waals surface area contributed by atoms with Gasteiger partial charge in [0.05, 0.1) is 15.4 Å². The number of hydrogen-bond donors (Lipinski definition) is 2. The van der Waals surface area contributed by atoms with Gasteiger partial charge < -0.3 is 10.2 Å². The number of piperidine rings is 1. The highest BCUT2D eigenvalue weighted by Crippen LogP contribution is 2.30. The van der Waals surface area contributed by atoms with E-state index in [4.69, 9.17) is 0 Å². The number of non-ortho nitro benzene ring substituents is 1. The molecule has 1 saturated heterocycles.